The van der Waals surface area contributed by atoms with Crippen LogP contribution in [0.2, 0.25) is 0 Å². The molecule has 11 heteroatoms. The summed E-state index contributed by atoms with van der Waals surface area (Å²) in [5.41, 5.74) is 7.88. The number of aromatic hydroxyl groups is 1. The quantitative estimate of drug-likeness (QED) is 0.218. The van der Waals surface area contributed by atoms with E-state index in [-0.39, 0.29) is 37.0 Å². The number of hydrogen-bond acceptors (Lipinski definition) is 10. The van der Waals surface area contributed by atoms with Gasteiger partial charge >= 0.3 is 11.9 Å². The molecule has 38 heavy (non-hydrogen) atoms. The summed E-state index contributed by atoms with van der Waals surface area (Å²) in [4.78, 5) is 44.7. The molecule has 0 spiro atoms. The molecule has 2 atom stereocenters. The third-order valence-corrected chi connectivity index (χ3v) is 5.44. The van der Waals surface area contributed by atoms with Gasteiger partial charge in [0.25, 0.3) is 5.91 Å². The zero-order valence-corrected chi connectivity index (χ0v) is 21.1. The van der Waals surface area contributed by atoms with E-state index < -0.39 is 29.9 Å². The Balaban J connectivity index is 1.66. The lowest BCUT2D eigenvalue weighted by Crippen LogP contribution is -2.43. The number of benzene rings is 2. The number of nitrogens with one attached hydrogen (secondary N) is 2. The van der Waals surface area contributed by atoms with Crippen molar-refractivity contribution in [2.45, 2.75) is 38.8 Å². The van der Waals surface area contributed by atoms with E-state index in [0.29, 0.717) is 23.0 Å². The van der Waals surface area contributed by atoms with Crippen molar-refractivity contribution in [2.24, 2.45) is 0 Å². The second kappa shape index (κ2) is 12.9. The molecule has 3 rings (SSSR count). The topological polar surface area (TPSA) is 166 Å². The van der Waals surface area contributed by atoms with Crippen molar-refractivity contribution in [3.63, 3.8) is 0 Å². The molecular weight excluding hydrogens is 490 g/mol. The SMILES string of the molecule is C#CC(Cc1ccc2nc(N)nc(O)c2c1)Nc1ccc(C(=O)N[C@@H](CC(=O)OCC)C(=O)OCC)cc1. The van der Waals surface area contributed by atoms with Gasteiger partial charge in [-0.15, -0.1) is 6.42 Å². The van der Waals surface area contributed by atoms with Crippen molar-refractivity contribution in [3.8, 4) is 18.2 Å². The lowest BCUT2D eigenvalue weighted by atomic mass is 10.0. The zero-order valence-electron chi connectivity index (χ0n) is 21.1. The summed E-state index contributed by atoms with van der Waals surface area (Å²) in [6, 6.07) is 10.2. The minimum absolute atomic E-state index is 0.0153. The maximum Gasteiger partial charge on any atom is 0.329 e. The number of terminal acetylenes is 1. The molecule has 0 radical (unpaired) electrons. The first-order chi connectivity index (χ1) is 18.2. The Kier molecular flexibility index (Phi) is 9.42. The van der Waals surface area contributed by atoms with Crippen molar-refractivity contribution in [1.82, 2.24) is 15.3 Å². The summed E-state index contributed by atoms with van der Waals surface area (Å²) in [5, 5.41) is 16.3. The third-order valence-electron chi connectivity index (χ3n) is 5.44. The normalized spacial score (nSPS) is 12.1. The molecule has 0 saturated carbocycles. The number of fused-ring (bicyclic) bond motifs is 1. The predicted octanol–water partition coefficient (Wildman–Crippen LogP) is 2.19. The van der Waals surface area contributed by atoms with Crippen LogP contribution in [0.1, 0.15) is 36.2 Å². The number of carbonyl (C=O) groups excluding carboxylic acids is 3. The van der Waals surface area contributed by atoms with Gasteiger partial charge in [0.05, 0.1) is 36.6 Å². The fourth-order valence-corrected chi connectivity index (χ4v) is 3.67. The first-order valence-electron chi connectivity index (χ1n) is 11.9. The third kappa shape index (κ3) is 7.33. The van der Waals surface area contributed by atoms with Gasteiger partial charge in [-0.2, -0.15) is 4.98 Å². The van der Waals surface area contributed by atoms with E-state index in [1.807, 2.05) is 6.07 Å². The smallest absolute Gasteiger partial charge is 0.329 e. The Morgan fingerprint density at radius 1 is 1.08 bits per heavy atom. The Morgan fingerprint density at radius 3 is 2.45 bits per heavy atom. The lowest BCUT2D eigenvalue weighted by Gasteiger charge is -2.17. The highest BCUT2D eigenvalue weighted by Crippen LogP contribution is 2.24. The number of nitrogens with two attached hydrogens (primary N) is 1. The second-order valence-electron chi connectivity index (χ2n) is 8.19. The van der Waals surface area contributed by atoms with Crippen molar-refractivity contribution in [3.05, 3.63) is 53.6 Å². The van der Waals surface area contributed by atoms with Crippen molar-refractivity contribution >= 4 is 40.4 Å². The van der Waals surface area contributed by atoms with Crippen molar-refractivity contribution in [2.75, 3.05) is 24.3 Å². The number of carbonyl (C=O) groups is 3. The maximum atomic E-state index is 12.7. The van der Waals surface area contributed by atoms with Gasteiger partial charge in [-0.05, 0) is 55.8 Å². The lowest BCUT2D eigenvalue weighted by molar-refractivity contribution is -0.152. The number of amides is 1. The van der Waals surface area contributed by atoms with Crippen LogP contribution in [0.4, 0.5) is 11.6 Å². The Morgan fingerprint density at radius 2 is 1.79 bits per heavy atom. The molecule has 1 unspecified atom stereocenters. The molecule has 11 nitrogen and oxygen atoms in total. The molecule has 0 fully saturated rings. The molecule has 198 valence electrons. The fourth-order valence-electron chi connectivity index (χ4n) is 3.67. The number of esters is 2. The maximum absolute atomic E-state index is 12.7. The number of ether oxygens (including phenoxy) is 2. The molecule has 0 aliphatic carbocycles. The minimum atomic E-state index is -1.17. The van der Waals surface area contributed by atoms with E-state index in [0.717, 1.165) is 5.56 Å². The molecular formula is C27H29N5O6. The Labute approximate surface area is 219 Å². The molecule has 1 heterocycles. The standard InChI is InChI=1S/C27H29N5O6/c1-4-18(13-16-7-12-21-20(14-16)25(35)32-27(28)31-21)29-19-10-8-17(9-11-19)24(34)30-22(26(36)38-6-3)15-23(33)37-5-2/h1,7-12,14,18,22,29H,5-6,13,15H2,2-3H3,(H,30,34)(H3,28,31,32,35)/t18?,22-/m0/s1. The van der Waals surface area contributed by atoms with E-state index in [4.69, 9.17) is 21.6 Å². The van der Waals surface area contributed by atoms with E-state index in [9.17, 15) is 19.5 Å². The van der Waals surface area contributed by atoms with Gasteiger partial charge < -0.3 is 30.9 Å². The molecule has 0 aliphatic heterocycles. The molecule has 5 N–H and O–H groups in total. The number of anilines is 2. The molecule has 0 aliphatic rings. The van der Waals surface area contributed by atoms with Crippen LogP contribution >= 0.6 is 0 Å². The molecule has 0 saturated heterocycles. The number of hydrogen-bond donors (Lipinski definition) is 4. The number of rotatable bonds is 11. The summed E-state index contributed by atoms with van der Waals surface area (Å²) in [5.74, 6) is 0.573. The molecule has 1 aromatic heterocycles. The second-order valence-corrected chi connectivity index (χ2v) is 8.19. The van der Waals surface area contributed by atoms with Crippen molar-refractivity contribution < 1.29 is 29.0 Å². The van der Waals surface area contributed by atoms with Crippen LogP contribution in [0, 0.1) is 12.3 Å². The highest BCUT2D eigenvalue weighted by Gasteiger charge is 2.26. The summed E-state index contributed by atoms with van der Waals surface area (Å²) < 4.78 is 9.84. The fraction of sp³-hybridized carbons (Fsp3) is 0.296. The van der Waals surface area contributed by atoms with Crippen molar-refractivity contribution in [1.29, 1.82) is 0 Å². The summed E-state index contributed by atoms with van der Waals surface area (Å²) in [6.07, 6.45) is 5.83. The minimum Gasteiger partial charge on any atom is -0.493 e. The predicted molar refractivity (Wildman–Crippen MR) is 141 cm³/mol. The average molecular weight is 520 g/mol. The highest BCUT2D eigenvalue weighted by molar-refractivity contribution is 5.98. The molecule has 3 aromatic rings. The Bertz CT molecular complexity index is 1350. The van der Waals surface area contributed by atoms with E-state index in [2.05, 4.69) is 26.5 Å². The van der Waals surface area contributed by atoms with E-state index in [1.54, 1.807) is 50.2 Å². The van der Waals surface area contributed by atoms with Gasteiger partial charge in [0.2, 0.25) is 11.8 Å². The summed E-state index contributed by atoms with van der Waals surface area (Å²) >= 11 is 0. The highest BCUT2D eigenvalue weighted by atomic mass is 16.5. The summed E-state index contributed by atoms with van der Waals surface area (Å²) in [7, 11) is 0. The molecule has 2 aromatic carbocycles. The van der Waals surface area contributed by atoms with E-state index in [1.165, 1.54) is 0 Å². The molecule has 1 amide bonds. The van der Waals surface area contributed by atoms with Gasteiger partial charge in [0.1, 0.15) is 6.04 Å². The van der Waals surface area contributed by atoms with Gasteiger partial charge in [0.15, 0.2) is 0 Å². The summed E-state index contributed by atoms with van der Waals surface area (Å²) in [6.45, 7) is 3.54. The van der Waals surface area contributed by atoms with Crippen LogP contribution in [-0.2, 0) is 25.5 Å². The van der Waals surface area contributed by atoms with Gasteiger partial charge in [-0.1, -0.05) is 12.0 Å². The van der Waals surface area contributed by atoms with Gasteiger partial charge in [0, 0.05) is 17.7 Å². The number of aromatic nitrogens is 2. The van der Waals surface area contributed by atoms with Crippen LogP contribution in [0.15, 0.2) is 42.5 Å². The van der Waals surface area contributed by atoms with E-state index >= 15 is 0 Å². The monoisotopic (exact) mass is 519 g/mol. The number of nitrogen functional groups attached to an aromatic ring is 1. The van der Waals surface area contributed by atoms with Crippen LogP contribution in [0.5, 0.6) is 5.88 Å². The first kappa shape index (κ1) is 27.7. The van der Waals surface area contributed by atoms with Crippen LogP contribution in [0.3, 0.4) is 0 Å². The first-order valence-corrected chi connectivity index (χ1v) is 11.9. The average Bonchev–Trinajstić information content (AvgIpc) is 2.88. The Hall–Kier alpha value is -4.85. The molecule has 0 bridgehead atoms. The van der Waals surface area contributed by atoms with Crippen LogP contribution < -0.4 is 16.4 Å². The van der Waals surface area contributed by atoms with Crippen LogP contribution in [0.25, 0.3) is 10.9 Å². The van der Waals surface area contributed by atoms with Gasteiger partial charge in [-0.25, -0.2) is 9.78 Å². The van der Waals surface area contributed by atoms with Crippen LogP contribution in [-0.4, -0.2) is 58.2 Å². The number of nitrogens with zero attached hydrogens (tertiary/aromatic N) is 2. The largest absolute Gasteiger partial charge is 0.493 e. The zero-order chi connectivity index (χ0) is 27.7. The van der Waals surface area contributed by atoms with Gasteiger partial charge in [-0.3, -0.25) is 9.59 Å².